The van der Waals surface area contributed by atoms with Crippen molar-refractivity contribution in [3.63, 3.8) is 0 Å². The highest BCUT2D eigenvalue weighted by atomic mass is 16.5. The smallest absolute Gasteiger partial charge is 0.288 e. The summed E-state index contributed by atoms with van der Waals surface area (Å²) in [7, 11) is 0. The Morgan fingerprint density at radius 1 is 1.53 bits per heavy atom. The molecule has 0 aliphatic rings. The number of hydrogen-bond donors (Lipinski definition) is 3. The number of aryl methyl sites for hydroxylation is 1. The molecule has 0 saturated carbocycles. The zero-order valence-corrected chi connectivity index (χ0v) is 9.10. The van der Waals surface area contributed by atoms with Gasteiger partial charge < -0.3 is 15.6 Å². The first-order valence-electron chi connectivity index (χ1n) is 4.90. The number of aromatic nitrogens is 5. The lowest BCUT2D eigenvalue weighted by Crippen LogP contribution is -2.26. The van der Waals surface area contributed by atoms with Gasteiger partial charge in [-0.15, -0.1) is 5.10 Å². The van der Waals surface area contributed by atoms with Crippen molar-refractivity contribution in [2.45, 2.75) is 13.3 Å². The summed E-state index contributed by atoms with van der Waals surface area (Å²) in [5.41, 5.74) is 5.27. The molecule has 1 amide bonds. The number of nitrogens with two attached hydrogens (primary N) is 1. The second kappa shape index (κ2) is 4.60. The molecule has 0 radical (unpaired) electrons. The third kappa shape index (κ3) is 2.77. The third-order valence-electron chi connectivity index (χ3n) is 1.91. The van der Waals surface area contributed by atoms with Crippen LogP contribution < -0.4 is 11.1 Å². The molecular formula is C8H11N7O2. The molecule has 17 heavy (non-hydrogen) atoms. The summed E-state index contributed by atoms with van der Waals surface area (Å²) in [6, 6.07) is 0. The van der Waals surface area contributed by atoms with Crippen LogP contribution in [0.2, 0.25) is 0 Å². The fourth-order valence-corrected chi connectivity index (χ4v) is 1.18. The Kier molecular flexibility index (Phi) is 2.99. The molecule has 90 valence electrons. The lowest BCUT2D eigenvalue weighted by Gasteiger charge is -1.99. The zero-order valence-electron chi connectivity index (χ0n) is 9.10. The van der Waals surface area contributed by atoms with Crippen molar-refractivity contribution in [3.05, 3.63) is 17.5 Å². The number of aromatic amines is 1. The van der Waals surface area contributed by atoms with Crippen LogP contribution in [0.3, 0.4) is 0 Å². The number of carbonyl (C=O) groups is 1. The van der Waals surface area contributed by atoms with E-state index >= 15 is 0 Å². The molecular weight excluding hydrogens is 226 g/mol. The second-order valence-corrected chi connectivity index (χ2v) is 3.28. The number of nitrogen functional groups attached to an aromatic ring is 1. The Labute approximate surface area is 95.8 Å². The van der Waals surface area contributed by atoms with E-state index in [1.165, 1.54) is 0 Å². The van der Waals surface area contributed by atoms with Crippen LogP contribution in [0.4, 0.5) is 5.95 Å². The number of H-pyrrole nitrogens is 1. The molecule has 2 aromatic heterocycles. The largest absolute Gasteiger partial charge is 0.366 e. The van der Waals surface area contributed by atoms with Crippen molar-refractivity contribution in [1.29, 1.82) is 0 Å². The molecule has 2 rings (SSSR count). The molecule has 2 heterocycles. The predicted octanol–water partition coefficient (Wildman–Crippen LogP) is -0.949. The van der Waals surface area contributed by atoms with Gasteiger partial charge in [0.2, 0.25) is 17.7 Å². The number of hydrogen-bond acceptors (Lipinski definition) is 7. The van der Waals surface area contributed by atoms with Crippen LogP contribution in [-0.4, -0.2) is 37.8 Å². The van der Waals surface area contributed by atoms with E-state index in [1.807, 2.05) is 0 Å². The Morgan fingerprint density at radius 2 is 2.35 bits per heavy atom. The van der Waals surface area contributed by atoms with Crippen molar-refractivity contribution in [3.8, 4) is 0 Å². The van der Waals surface area contributed by atoms with Crippen LogP contribution in [0, 0.1) is 6.92 Å². The first kappa shape index (κ1) is 11.0. The molecule has 0 saturated heterocycles. The third-order valence-corrected chi connectivity index (χ3v) is 1.91. The monoisotopic (exact) mass is 237 g/mol. The minimum absolute atomic E-state index is 0.0303. The van der Waals surface area contributed by atoms with E-state index in [0.29, 0.717) is 24.7 Å². The highest BCUT2D eigenvalue weighted by molar-refractivity contribution is 5.90. The Morgan fingerprint density at radius 3 is 2.94 bits per heavy atom. The molecule has 9 nitrogen and oxygen atoms in total. The first-order chi connectivity index (χ1) is 8.15. The van der Waals surface area contributed by atoms with Crippen LogP contribution in [-0.2, 0) is 6.42 Å². The van der Waals surface area contributed by atoms with Crippen LogP contribution in [0.1, 0.15) is 22.3 Å². The summed E-state index contributed by atoms with van der Waals surface area (Å²) >= 11 is 0. The van der Waals surface area contributed by atoms with Crippen molar-refractivity contribution >= 4 is 11.9 Å². The van der Waals surface area contributed by atoms with Gasteiger partial charge in [-0.3, -0.25) is 9.89 Å². The molecule has 0 unspecified atom stereocenters. The van der Waals surface area contributed by atoms with Crippen molar-refractivity contribution in [2.75, 3.05) is 12.3 Å². The van der Waals surface area contributed by atoms with Crippen LogP contribution in [0.25, 0.3) is 0 Å². The van der Waals surface area contributed by atoms with Gasteiger partial charge in [0.25, 0.3) is 5.91 Å². The number of carbonyl (C=O) groups excluding carboxylic acids is 1. The standard InChI is InChI=1S/C8H11N7O2/c1-4-11-5(17-15-4)2-3-10-7(16)6-12-8(9)14-13-6/h2-3H2,1H3,(H,10,16)(H3,9,12,13,14). The Bertz CT molecular complexity index is 517. The van der Waals surface area contributed by atoms with Gasteiger partial charge in [0, 0.05) is 13.0 Å². The zero-order chi connectivity index (χ0) is 12.3. The lowest BCUT2D eigenvalue weighted by molar-refractivity contribution is 0.0943. The maximum absolute atomic E-state index is 11.5. The summed E-state index contributed by atoms with van der Waals surface area (Å²) in [5, 5.41) is 12.2. The van der Waals surface area contributed by atoms with Gasteiger partial charge in [-0.1, -0.05) is 5.16 Å². The van der Waals surface area contributed by atoms with E-state index in [4.69, 9.17) is 10.3 Å². The summed E-state index contributed by atoms with van der Waals surface area (Å²) in [6.45, 7) is 2.09. The topological polar surface area (TPSA) is 136 Å². The van der Waals surface area contributed by atoms with Gasteiger partial charge in [0.1, 0.15) is 0 Å². The van der Waals surface area contributed by atoms with Gasteiger partial charge in [0.05, 0.1) is 0 Å². The molecule has 9 heteroatoms. The maximum Gasteiger partial charge on any atom is 0.288 e. The maximum atomic E-state index is 11.5. The van der Waals surface area contributed by atoms with Gasteiger partial charge in [-0.25, -0.2) is 0 Å². The molecule has 0 aromatic carbocycles. The number of nitrogens with zero attached hydrogens (tertiary/aromatic N) is 4. The molecule has 4 N–H and O–H groups in total. The molecule has 2 aromatic rings. The van der Waals surface area contributed by atoms with Crippen molar-refractivity contribution in [1.82, 2.24) is 30.6 Å². The first-order valence-corrected chi connectivity index (χ1v) is 4.90. The van der Waals surface area contributed by atoms with E-state index in [9.17, 15) is 4.79 Å². The highest BCUT2D eigenvalue weighted by Crippen LogP contribution is 1.96. The summed E-state index contributed by atoms with van der Waals surface area (Å²) in [5.74, 6) is 0.756. The molecule has 0 bridgehead atoms. The molecule has 0 aliphatic carbocycles. The van der Waals surface area contributed by atoms with E-state index in [-0.39, 0.29) is 17.7 Å². The number of amides is 1. The van der Waals surface area contributed by atoms with Gasteiger partial charge in [0.15, 0.2) is 5.82 Å². The minimum Gasteiger partial charge on any atom is -0.366 e. The number of anilines is 1. The van der Waals surface area contributed by atoms with Gasteiger partial charge in [-0.2, -0.15) is 9.97 Å². The van der Waals surface area contributed by atoms with Crippen molar-refractivity contribution < 1.29 is 9.32 Å². The summed E-state index contributed by atoms with van der Waals surface area (Å²) in [6.07, 6.45) is 0.455. The minimum atomic E-state index is -0.384. The molecule has 0 aliphatic heterocycles. The molecule has 0 spiro atoms. The Hall–Kier alpha value is -2.45. The normalized spacial score (nSPS) is 10.4. The quantitative estimate of drug-likeness (QED) is 0.623. The van der Waals surface area contributed by atoms with Crippen LogP contribution >= 0.6 is 0 Å². The highest BCUT2D eigenvalue weighted by Gasteiger charge is 2.10. The van der Waals surface area contributed by atoms with E-state index in [1.54, 1.807) is 6.92 Å². The molecule has 0 atom stereocenters. The average Bonchev–Trinajstić information content (AvgIpc) is 2.88. The van der Waals surface area contributed by atoms with E-state index in [2.05, 4.69) is 30.6 Å². The van der Waals surface area contributed by atoms with Crippen molar-refractivity contribution in [2.24, 2.45) is 0 Å². The predicted molar refractivity (Wildman–Crippen MR) is 55.9 cm³/mol. The summed E-state index contributed by atoms with van der Waals surface area (Å²) in [4.78, 5) is 19.2. The van der Waals surface area contributed by atoms with Gasteiger partial charge in [-0.05, 0) is 6.92 Å². The number of nitrogens with one attached hydrogen (secondary N) is 2. The van der Waals surface area contributed by atoms with Crippen LogP contribution in [0.5, 0.6) is 0 Å². The van der Waals surface area contributed by atoms with E-state index < -0.39 is 0 Å². The Balaban J connectivity index is 1.81. The van der Waals surface area contributed by atoms with Crippen LogP contribution in [0.15, 0.2) is 4.52 Å². The van der Waals surface area contributed by atoms with Gasteiger partial charge >= 0.3 is 0 Å². The molecule has 0 fully saturated rings. The average molecular weight is 237 g/mol. The fourth-order valence-electron chi connectivity index (χ4n) is 1.18. The number of rotatable bonds is 4. The van der Waals surface area contributed by atoms with E-state index in [0.717, 1.165) is 0 Å². The second-order valence-electron chi connectivity index (χ2n) is 3.28. The fraction of sp³-hybridized carbons (Fsp3) is 0.375. The summed E-state index contributed by atoms with van der Waals surface area (Å²) < 4.78 is 4.89. The SMILES string of the molecule is Cc1noc(CCNC(=O)c2nc(N)n[nH]2)n1. The lowest BCUT2D eigenvalue weighted by atomic mass is 10.4.